The number of hydrogen-bond donors (Lipinski definition) is 1. The van der Waals surface area contributed by atoms with Gasteiger partial charge in [0.25, 0.3) is 0 Å². The third-order valence-corrected chi connectivity index (χ3v) is 4.71. The Kier molecular flexibility index (Phi) is 6.30. The van der Waals surface area contributed by atoms with Crippen LogP contribution in [0.25, 0.3) is 0 Å². The summed E-state index contributed by atoms with van der Waals surface area (Å²) in [6.45, 7) is 6.18. The lowest BCUT2D eigenvalue weighted by atomic mass is 9.96. The van der Waals surface area contributed by atoms with Gasteiger partial charge in [0.2, 0.25) is 5.88 Å². The fraction of sp³-hybridized carbons (Fsp3) is 0.400. The Bertz CT molecular complexity index is 930. The Labute approximate surface area is 169 Å². The largest absolute Gasteiger partial charge is 0.475 e. The summed E-state index contributed by atoms with van der Waals surface area (Å²) < 4.78 is 5.58. The van der Waals surface area contributed by atoms with Crippen molar-refractivity contribution >= 4 is 17.4 Å². The number of aromatic nitrogens is 2. The van der Waals surface area contributed by atoms with Crippen molar-refractivity contribution in [2.75, 3.05) is 18.4 Å². The number of nitriles is 2. The molecule has 0 atom stereocenters. The van der Waals surface area contributed by atoms with Gasteiger partial charge in [-0.2, -0.15) is 10.5 Å². The summed E-state index contributed by atoms with van der Waals surface area (Å²) >= 11 is 6.21. The first-order valence-electron chi connectivity index (χ1n) is 9.08. The molecule has 1 aliphatic rings. The molecule has 0 fully saturated rings. The van der Waals surface area contributed by atoms with Crippen LogP contribution in [0.4, 0.5) is 5.82 Å². The molecule has 0 saturated carbocycles. The molecule has 1 aliphatic heterocycles. The lowest BCUT2D eigenvalue weighted by Gasteiger charge is -2.30. The van der Waals surface area contributed by atoms with Crippen molar-refractivity contribution in [1.82, 2.24) is 14.9 Å². The van der Waals surface area contributed by atoms with E-state index in [2.05, 4.69) is 26.3 Å². The minimum absolute atomic E-state index is 0.0866. The summed E-state index contributed by atoms with van der Waals surface area (Å²) in [5.41, 5.74) is 3.32. The summed E-state index contributed by atoms with van der Waals surface area (Å²) in [4.78, 5) is 10.9. The van der Waals surface area contributed by atoms with Crippen molar-refractivity contribution in [3.8, 4) is 18.0 Å². The van der Waals surface area contributed by atoms with E-state index in [1.165, 1.54) is 0 Å². The molecule has 28 heavy (non-hydrogen) atoms. The number of anilines is 1. The second kappa shape index (κ2) is 8.88. The van der Waals surface area contributed by atoms with Gasteiger partial charge in [-0.15, -0.1) is 0 Å². The molecule has 0 radical (unpaired) electrons. The molecule has 2 aromatic heterocycles. The SMILES string of the molecule is CC(C)Oc1ccc(CN2CCc3c(NCC#N)nc(Cl)c(C#N)c3C2)cn1. The molecule has 1 N–H and O–H groups in total. The monoisotopic (exact) mass is 396 g/mol. The maximum Gasteiger partial charge on any atom is 0.213 e. The van der Waals surface area contributed by atoms with Crippen LogP contribution < -0.4 is 10.1 Å². The summed E-state index contributed by atoms with van der Waals surface area (Å²) in [6, 6.07) is 8.09. The maximum absolute atomic E-state index is 9.53. The van der Waals surface area contributed by atoms with E-state index in [1.807, 2.05) is 38.2 Å². The van der Waals surface area contributed by atoms with Crippen molar-refractivity contribution in [3.63, 3.8) is 0 Å². The van der Waals surface area contributed by atoms with Gasteiger partial charge in [0.15, 0.2) is 0 Å². The van der Waals surface area contributed by atoms with Gasteiger partial charge in [-0.3, -0.25) is 4.90 Å². The molecule has 3 rings (SSSR count). The highest BCUT2D eigenvalue weighted by Gasteiger charge is 2.25. The summed E-state index contributed by atoms with van der Waals surface area (Å²) in [5.74, 6) is 1.21. The third-order valence-electron chi connectivity index (χ3n) is 4.43. The smallest absolute Gasteiger partial charge is 0.213 e. The van der Waals surface area contributed by atoms with E-state index in [-0.39, 0.29) is 17.8 Å². The number of fused-ring (bicyclic) bond motifs is 1. The van der Waals surface area contributed by atoms with E-state index in [9.17, 15) is 5.26 Å². The van der Waals surface area contributed by atoms with Gasteiger partial charge in [0, 0.05) is 37.5 Å². The van der Waals surface area contributed by atoms with Crippen LogP contribution in [0.1, 0.15) is 36.1 Å². The number of nitrogens with one attached hydrogen (secondary N) is 1. The molecular formula is C20H21ClN6O. The van der Waals surface area contributed by atoms with E-state index in [0.29, 0.717) is 30.4 Å². The lowest BCUT2D eigenvalue weighted by molar-refractivity contribution is 0.230. The zero-order valence-electron chi connectivity index (χ0n) is 15.9. The summed E-state index contributed by atoms with van der Waals surface area (Å²) in [6.07, 6.45) is 2.63. The number of nitrogens with zero attached hydrogens (tertiary/aromatic N) is 5. The first-order valence-corrected chi connectivity index (χ1v) is 9.45. The molecule has 8 heteroatoms. The van der Waals surface area contributed by atoms with Crippen molar-refractivity contribution in [2.45, 2.75) is 39.5 Å². The number of hydrogen-bond acceptors (Lipinski definition) is 7. The number of ether oxygens (including phenoxy) is 1. The van der Waals surface area contributed by atoms with Crippen LogP contribution in [0.5, 0.6) is 5.88 Å². The molecule has 0 aliphatic carbocycles. The van der Waals surface area contributed by atoms with Crippen LogP contribution in [0.2, 0.25) is 5.15 Å². The first kappa shape index (κ1) is 19.9. The highest BCUT2D eigenvalue weighted by molar-refractivity contribution is 6.30. The molecule has 7 nitrogen and oxygen atoms in total. The van der Waals surface area contributed by atoms with Crippen LogP contribution >= 0.6 is 11.6 Å². The topological polar surface area (TPSA) is 97.9 Å². The quantitative estimate of drug-likeness (QED) is 0.590. The van der Waals surface area contributed by atoms with Gasteiger partial charge in [0.1, 0.15) is 23.6 Å². The van der Waals surface area contributed by atoms with E-state index in [4.69, 9.17) is 21.6 Å². The zero-order chi connectivity index (χ0) is 20.1. The number of rotatable bonds is 6. The normalized spacial score (nSPS) is 13.5. The molecule has 0 unspecified atom stereocenters. The third kappa shape index (κ3) is 4.51. The van der Waals surface area contributed by atoms with Crippen LogP contribution in [-0.4, -0.2) is 34.1 Å². The number of pyridine rings is 2. The van der Waals surface area contributed by atoms with Crippen molar-refractivity contribution in [2.24, 2.45) is 0 Å². The maximum atomic E-state index is 9.53. The van der Waals surface area contributed by atoms with E-state index in [0.717, 1.165) is 29.7 Å². The molecule has 0 bridgehead atoms. The van der Waals surface area contributed by atoms with Crippen LogP contribution in [-0.2, 0) is 19.5 Å². The van der Waals surface area contributed by atoms with Crippen LogP contribution in [0.15, 0.2) is 18.3 Å². The average molecular weight is 397 g/mol. The minimum atomic E-state index is 0.0866. The van der Waals surface area contributed by atoms with Crippen molar-refractivity contribution < 1.29 is 4.74 Å². The Morgan fingerprint density at radius 1 is 1.32 bits per heavy atom. The van der Waals surface area contributed by atoms with Gasteiger partial charge in [-0.25, -0.2) is 9.97 Å². The Morgan fingerprint density at radius 2 is 2.14 bits per heavy atom. The number of halogens is 1. The zero-order valence-corrected chi connectivity index (χ0v) is 16.6. The van der Waals surface area contributed by atoms with E-state index < -0.39 is 0 Å². The van der Waals surface area contributed by atoms with E-state index in [1.54, 1.807) is 0 Å². The Morgan fingerprint density at radius 3 is 2.79 bits per heavy atom. The van der Waals surface area contributed by atoms with Gasteiger partial charge >= 0.3 is 0 Å². The molecule has 3 heterocycles. The minimum Gasteiger partial charge on any atom is -0.475 e. The standard InChI is InChI=1S/C20H21ClN6O/c1-13(2)28-18-4-3-14(10-25-18)11-27-8-5-15-17(12-27)16(9-23)19(21)26-20(15)24-7-6-22/h3-4,10,13H,5,7-8,11-12H2,1-2H3,(H,24,26). The van der Waals surface area contributed by atoms with Crippen LogP contribution in [0.3, 0.4) is 0 Å². The fourth-order valence-electron chi connectivity index (χ4n) is 3.25. The molecule has 0 aromatic carbocycles. The van der Waals surface area contributed by atoms with Crippen LogP contribution in [0, 0.1) is 22.7 Å². The predicted molar refractivity (Wildman–Crippen MR) is 106 cm³/mol. The second-order valence-electron chi connectivity index (χ2n) is 6.84. The highest BCUT2D eigenvalue weighted by atomic mass is 35.5. The molecule has 0 amide bonds. The molecule has 2 aromatic rings. The van der Waals surface area contributed by atoms with Gasteiger partial charge in [0.05, 0.1) is 17.7 Å². The first-order chi connectivity index (χ1) is 13.5. The van der Waals surface area contributed by atoms with Gasteiger partial charge < -0.3 is 10.1 Å². The van der Waals surface area contributed by atoms with Crippen molar-refractivity contribution in [1.29, 1.82) is 10.5 Å². The summed E-state index contributed by atoms with van der Waals surface area (Å²) in [5, 5.41) is 21.5. The highest BCUT2D eigenvalue weighted by Crippen LogP contribution is 2.32. The van der Waals surface area contributed by atoms with E-state index >= 15 is 0 Å². The second-order valence-corrected chi connectivity index (χ2v) is 7.20. The molecular weight excluding hydrogens is 376 g/mol. The molecule has 0 spiro atoms. The summed E-state index contributed by atoms with van der Waals surface area (Å²) in [7, 11) is 0. The Balaban J connectivity index is 1.79. The molecule has 0 saturated heterocycles. The molecule has 144 valence electrons. The van der Waals surface area contributed by atoms with Gasteiger partial charge in [-0.1, -0.05) is 17.7 Å². The Hall–Kier alpha value is -2.87. The fourth-order valence-corrected chi connectivity index (χ4v) is 3.49. The lowest BCUT2D eigenvalue weighted by Crippen LogP contribution is -2.31. The van der Waals surface area contributed by atoms with Crippen molar-refractivity contribution in [3.05, 3.63) is 45.7 Å². The average Bonchev–Trinajstić information content (AvgIpc) is 2.67. The predicted octanol–water partition coefficient (Wildman–Crippen LogP) is 3.28. The van der Waals surface area contributed by atoms with Gasteiger partial charge in [-0.05, 0) is 31.4 Å².